The fraction of sp³-hybridized carbons (Fsp3) is 0.333. The van der Waals surface area contributed by atoms with E-state index in [-0.39, 0.29) is 5.91 Å². The van der Waals surface area contributed by atoms with Crippen molar-refractivity contribution in [1.29, 1.82) is 0 Å². The lowest BCUT2D eigenvalue weighted by molar-refractivity contribution is -0.116. The minimum atomic E-state index is -0.0642. The lowest BCUT2D eigenvalue weighted by Crippen LogP contribution is -2.18. The Morgan fingerprint density at radius 2 is 1.83 bits per heavy atom. The van der Waals surface area contributed by atoms with Crippen molar-refractivity contribution in [2.45, 2.75) is 25.7 Å². The molecule has 3 heterocycles. The third kappa shape index (κ3) is 4.71. The number of amides is 1. The van der Waals surface area contributed by atoms with E-state index in [1.807, 2.05) is 36.7 Å². The average molecular weight is 392 g/mol. The molecule has 1 aliphatic rings. The third-order valence-electron chi connectivity index (χ3n) is 4.97. The number of ether oxygens (including phenoxy) is 1. The van der Waals surface area contributed by atoms with E-state index in [0.29, 0.717) is 24.5 Å². The number of methoxy groups -OCH3 is 1. The number of benzene rings is 1. The van der Waals surface area contributed by atoms with Gasteiger partial charge >= 0.3 is 0 Å². The van der Waals surface area contributed by atoms with Crippen LogP contribution < -0.4 is 15.0 Å². The van der Waals surface area contributed by atoms with E-state index in [9.17, 15) is 4.79 Å². The van der Waals surface area contributed by atoms with Crippen LogP contribution in [0.25, 0.3) is 5.95 Å². The molecule has 1 aliphatic heterocycles. The Bertz CT molecular complexity index is 946. The first-order valence-corrected chi connectivity index (χ1v) is 9.76. The molecule has 0 bridgehead atoms. The zero-order chi connectivity index (χ0) is 20.1. The number of nitrogens with zero attached hydrogens (tertiary/aromatic N) is 5. The Labute approximate surface area is 169 Å². The predicted octanol–water partition coefficient (Wildman–Crippen LogP) is 2.84. The molecule has 0 spiro atoms. The van der Waals surface area contributed by atoms with Crippen molar-refractivity contribution in [2.75, 3.05) is 30.4 Å². The van der Waals surface area contributed by atoms with Crippen molar-refractivity contribution in [3.63, 3.8) is 0 Å². The number of carbonyl (C=O) groups excluding carboxylic acids is 1. The van der Waals surface area contributed by atoms with Gasteiger partial charge in [-0.2, -0.15) is 5.10 Å². The molecule has 3 aromatic rings. The first-order chi connectivity index (χ1) is 14.2. The minimum Gasteiger partial charge on any atom is -0.497 e. The molecule has 1 aromatic carbocycles. The van der Waals surface area contributed by atoms with Crippen LogP contribution in [-0.4, -0.2) is 45.9 Å². The Hall–Kier alpha value is -3.42. The van der Waals surface area contributed by atoms with Gasteiger partial charge in [0.25, 0.3) is 5.95 Å². The van der Waals surface area contributed by atoms with Crippen LogP contribution in [0.15, 0.2) is 49.1 Å². The van der Waals surface area contributed by atoms with Crippen LogP contribution in [0, 0.1) is 0 Å². The molecule has 0 radical (unpaired) electrons. The van der Waals surface area contributed by atoms with Gasteiger partial charge in [-0.1, -0.05) is 12.1 Å². The molecular formula is C21H24N6O2. The van der Waals surface area contributed by atoms with Gasteiger partial charge in [-0.05, 0) is 37.0 Å². The first-order valence-electron chi connectivity index (χ1n) is 9.76. The smallest absolute Gasteiger partial charge is 0.250 e. The maximum atomic E-state index is 12.2. The van der Waals surface area contributed by atoms with Crippen LogP contribution in [0.5, 0.6) is 5.75 Å². The maximum Gasteiger partial charge on any atom is 0.250 e. The van der Waals surface area contributed by atoms with Crippen molar-refractivity contribution in [1.82, 2.24) is 19.7 Å². The predicted molar refractivity (Wildman–Crippen MR) is 111 cm³/mol. The Morgan fingerprint density at radius 3 is 2.52 bits per heavy atom. The molecule has 29 heavy (non-hydrogen) atoms. The number of aromatic nitrogens is 4. The quantitative estimate of drug-likeness (QED) is 0.666. The summed E-state index contributed by atoms with van der Waals surface area (Å²) in [6.45, 7) is 2.11. The Morgan fingerprint density at radius 1 is 1.10 bits per heavy atom. The maximum absolute atomic E-state index is 12.2. The van der Waals surface area contributed by atoms with Crippen molar-refractivity contribution < 1.29 is 9.53 Å². The van der Waals surface area contributed by atoms with Crippen molar-refractivity contribution in [2.24, 2.45) is 0 Å². The summed E-state index contributed by atoms with van der Waals surface area (Å²) in [7, 11) is 1.63. The van der Waals surface area contributed by atoms with Gasteiger partial charge in [-0.15, -0.1) is 0 Å². The molecule has 8 nitrogen and oxygen atoms in total. The van der Waals surface area contributed by atoms with Crippen LogP contribution in [0.3, 0.4) is 0 Å². The summed E-state index contributed by atoms with van der Waals surface area (Å²) in [4.78, 5) is 23.3. The van der Waals surface area contributed by atoms with Crippen molar-refractivity contribution >= 4 is 17.3 Å². The fourth-order valence-electron chi connectivity index (χ4n) is 3.34. The molecule has 8 heteroatoms. The molecule has 1 amide bonds. The van der Waals surface area contributed by atoms with E-state index in [0.717, 1.165) is 30.1 Å². The molecule has 0 saturated carbocycles. The molecule has 2 aromatic heterocycles. The highest BCUT2D eigenvalue weighted by Crippen LogP contribution is 2.19. The number of carbonyl (C=O) groups is 1. The van der Waals surface area contributed by atoms with E-state index < -0.39 is 0 Å². The highest BCUT2D eigenvalue weighted by molar-refractivity contribution is 5.90. The zero-order valence-electron chi connectivity index (χ0n) is 16.4. The number of nitrogens with one attached hydrogen (secondary N) is 1. The third-order valence-corrected chi connectivity index (χ3v) is 4.97. The lowest BCUT2D eigenvalue weighted by atomic mass is 10.1. The number of hydrogen-bond donors (Lipinski definition) is 1. The van der Waals surface area contributed by atoms with E-state index in [1.165, 1.54) is 12.8 Å². The monoisotopic (exact) mass is 392 g/mol. The molecule has 0 atom stereocenters. The summed E-state index contributed by atoms with van der Waals surface area (Å²) in [5.41, 5.74) is 2.74. The van der Waals surface area contributed by atoms with Crippen molar-refractivity contribution in [3.05, 3.63) is 54.6 Å². The van der Waals surface area contributed by atoms with Crippen LogP contribution in [0.2, 0.25) is 0 Å². The SMILES string of the molecule is COc1ccc(CCC(=O)Nc2cnn(-c3ncc(N4CCCC4)cn3)c2)cc1. The highest BCUT2D eigenvalue weighted by Gasteiger charge is 2.13. The summed E-state index contributed by atoms with van der Waals surface area (Å²) >= 11 is 0. The molecule has 150 valence electrons. The summed E-state index contributed by atoms with van der Waals surface area (Å²) in [5, 5.41) is 7.12. The topological polar surface area (TPSA) is 85.2 Å². The van der Waals surface area contributed by atoms with Gasteiger partial charge in [0.05, 0.1) is 43.3 Å². The molecule has 1 saturated heterocycles. The molecule has 0 unspecified atom stereocenters. The Kier molecular flexibility index (Phi) is 5.69. The fourth-order valence-corrected chi connectivity index (χ4v) is 3.34. The normalized spacial score (nSPS) is 13.5. The highest BCUT2D eigenvalue weighted by atomic mass is 16.5. The minimum absolute atomic E-state index is 0.0642. The molecule has 1 fully saturated rings. The molecule has 1 N–H and O–H groups in total. The summed E-state index contributed by atoms with van der Waals surface area (Å²) in [5.74, 6) is 1.22. The number of rotatable bonds is 7. The van der Waals surface area contributed by atoms with Gasteiger partial charge < -0.3 is 15.0 Å². The van der Waals surface area contributed by atoms with Crippen LogP contribution in [-0.2, 0) is 11.2 Å². The second-order valence-electron chi connectivity index (χ2n) is 7.01. The van der Waals surface area contributed by atoms with E-state index in [1.54, 1.807) is 24.2 Å². The van der Waals surface area contributed by atoms with E-state index in [4.69, 9.17) is 4.74 Å². The summed E-state index contributed by atoms with van der Waals surface area (Å²) < 4.78 is 6.71. The first kappa shape index (κ1) is 18.9. The van der Waals surface area contributed by atoms with Crippen molar-refractivity contribution in [3.8, 4) is 11.7 Å². The van der Waals surface area contributed by atoms with Gasteiger partial charge in [0.1, 0.15) is 5.75 Å². The largest absolute Gasteiger partial charge is 0.497 e. The van der Waals surface area contributed by atoms with E-state index >= 15 is 0 Å². The standard InChI is InChI=1S/C21H24N6O2/c1-29-19-7-4-16(5-8-19)6-9-20(28)25-17-12-24-27(15-17)21-22-13-18(14-23-21)26-10-2-3-11-26/h4-5,7-8,12-15H,2-3,6,9-11H2,1H3,(H,25,28). The van der Waals surface area contributed by atoms with Gasteiger partial charge in [0, 0.05) is 19.5 Å². The molecule has 0 aliphatic carbocycles. The number of hydrogen-bond acceptors (Lipinski definition) is 6. The average Bonchev–Trinajstić information content (AvgIpc) is 3.45. The van der Waals surface area contributed by atoms with Gasteiger partial charge in [-0.25, -0.2) is 14.6 Å². The van der Waals surface area contributed by atoms with E-state index in [2.05, 4.69) is 25.3 Å². The number of aryl methyl sites for hydroxylation is 1. The second kappa shape index (κ2) is 8.72. The van der Waals surface area contributed by atoms with Crippen LogP contribution in [0.4, 0.5) is 11.4 Å². The summed E-state index contributed by atoms with van der Waals surface area (Å²) in [6.07, 6.45) is 10.4. The zero-order valence-corrected chi connectivity index (χ0v) is 16.4. The summed E-state index contributed by atoms with van der Waals surface area (Å²) in [6, 6.07) is 7.72. The van der Waals surface area contributed by atoms with Gasteiger partial charge in [-0.3, -0.25) is 4.79 Å². The molecule has 4 rings (SSSR count). The van der Waals surface area contributed by atoms with Gasteiger partial charge in [0.15, 0.2) is 0 Å². The van der Waals surface area contributed by atoms with Gasteiger partial charge in [0.2, 0.25) is 5.91 Å². The van der Waals surface area contributed by atoms with Crippen LogP contribution >= 0.6 is 0 Å². The Balaban J connectivity index is 1.31. The second-order valence-corrected chi connectivity index (χ2v) is 7.01. The molecular weight excluding hydrogens is 368 g/mol. The number of anilines is 2. The van der Waals surface area contributed by atoms with Crippen LogP contribution in [0.1, 0.15) is 24.8 Å². The lowest BCUT2D eigenvalue weighted by Gasteiger charge is -2.16.